The van der Waals surface area contributed by atoms with Gasteiger partial charge in [-0.1, -0.05) is 24.3 Å². The van der Waals surface area contributed by atoms with Crippen molar-refractivity contribution in [3.05, 3.63) is 64.4 Å². The summed E-state index contributed by atoms with van der Waals surface area (Å²) >= 11 is 0. The molecule has 0 saturated carbocycles. The fourth-order valence-corrected chi connectivity index (χ4v) is 2.87. The minimum Gasteiger partial charge on any atom is -0.497 e. The molecule has 0 fully saturated rings. The molecule has 7 heteroatoms. The quantitative estimate of drug-likeness (QED) is 0.369. The first-order valence-corrected chi connectivity index (χ1v) is 9.07. The number of para-hydroxylation sites is 1. The van der Waals surface area contributed by atoms with Gasteiger partial charge in [0.25, 0.3) is 5.56 Å². The maximum absolute atomic E-state index is 12.9. The van der Waals surface area contributed by atoms with E-state index in [9.17, 15) is 4.79 Å². The van der Waals surface area contributed by atoms with Gasteiger partial charge < -0.3 is 9.47 Å². The lowest BCUT2D eigenvalue weighted by atomic mass is 10.1. The van der Waals surface area contributed by atoms with E-state index in [1.165, 1.54) is 0 Å². The topological polar surface area (TPSA) is 77.7 Å². The predicted molar refractivity (Wildman–Crippen MR) is 111 cm³/mol. The van der Waals surface area contributed by atoms with Crippen LogP contribution >= 0.6 is 0 Å². The van der Waals surface area contributed by atoms with Gasteiger partial charge in [0.15, 0.2) is 0 Å². The molecule has 3 aromatic rings. The Labute approximate surface area is 163 Å². The van der Waals surface area contributed by atoms with Crippen LogP contribution in [0.15, 0.2) is 58.4 Å². The number of nitrogens with one attached hydrogen (secondary N) is 1. The monoisotopic (exact) mass is 380 g/mol. The summed E-state index contributed by atoms with van der Waals surface area (Å²) in [6.07, 6.45) is 0.698. The second-order valence-electron chi connectivity index (χ2n) is 6.30. The molecule has 0 spiro atoms. The van der Waals surface area contributed by atoms with E-state index in [2.05, 4.69) is 15.5 Å². The smallest absolute Gasteiger partial charge is 0.262 e. The molecule has 1 aromatic heterocycles. The Morgan fingerprint density at radius 2 is 2.00 bits per heavy atom. The number of benzene rings is 2. The molecule has 0 unspecified atom stereocenters. The summed E-state index contributed by atoms with van der Waals surface area (Å²) < 4.78 is 12.0. The highest BCUT2D eigenvalue weighted by Gasteiger charge is 2.10. The first-order chi connectivity index (χ1) is 13.6. The fraction of sp³-hybridized carbons (Fsp3) is 0.286. The van der Waals surface area contributed by atoms with Crippen molar-refractivity contribution < 1.29 is 9.47 Å². The third-order valence-electron chi connectivity index (χ3n) is 4.40. The zero-order chi connectivity index (χ0) is 19.9. The fourth-order valence-electron chi connectivity index (χ4n) is 2.87. The minimum atomic E-state index is -0.0987. The number of hydrazone groups is 1. The van der Waals surface area contributed by atoms with Crippen molar-refractivity contribution in [3.63, 3.8) is 0 Å². The highest BCUT2D eigenvalue weighted by Crippen LogP contribution is 2.15. The third-order valence-corrected chi connectivity index (χ3v) is 4.40. The van der Waals surface area contributed by atoms with E-state index < -0.39 is 0 Å². The van der Waals surface area contributed by atoms with E-state index in [1.54, 1.807) is 24.9 Å². The molecule has 0 saturated heterocycles. The van der Waals surface area contributed by atoms with Gasteiger partial charge in [-0.2, -0.15) is 5.10 Å². The van der Waals surface area contributed by atoms with E-state index in [0.717, 1.165) is 17.0 Å². The minimum absolute atomic E-state index is 0.0987. The van der Waals surface area contributed by atoms with Crippen LogP contribution < -0.4 is 15.7 Å². The zero-order valence-corrected chi connectivity index (χ0v) is 16.3. The Balaban J connectivity index is 1.96. The maximum Gasteiger partial charge on any atom is 0.262 e. The first-order valence-electron chi connectivity index (χ1n) is 9.07. The molecule has 0 atom stereocenters. The molecule has 0 aliphatic rings. The van der Waals surface area contributed by atoms with Crippen LogP contribution in [0.25, 0.3) is 10.9 Å². The molecule has 0 amide bonds. The van der Waals surface area contributed by atoms with E-state index in [4.69, 9.17) is 9.47 Å². The molecular weight excluding hydrogens is 356 g/mol. The summed E-state index contributed by atoms with van der Waals surface area (Å²) in [5.41, 5.74) is 5.17. The summed E-state index contributed by atoms with van der Waals surface area (Å²) in [4.78, 5) is 17.5. The largest absolute Gasteiger partial charge is 0.497 e. The van der Waals surface area contributed by atoms with E-state index in [-0.39, 0.29) is 5.56 Å². The van der Waals surface area contributed by atoms with Crippen molar-refractivity contribution in [3.8, 4) is 5.75 Å². The number of methoxy groups -OCH3 is 2. The summed E-state index contributed by atoms with van der Waals surface area (Å²) in [7, 11) is 3.27. The molecule has 0 aliphatic heterocycles. The Bertz CT molecular complexity index is 1040. The highest BCUT2D eigenvalue weighted by molar-refractivity contribution is 5.99. The summed E-state index contributed by atoms with van der Waals surface area (Å²) in [5.74, 6) is 1.16. The van der Waals surface area contributed by atoms with Gasteiger partial charge in [-0.05, 0) is 37.6 Å². The molecule has 1 heterocycles. The Morgan fingerprint density at radius 3 is 2.79 bits per heavy atom. The summed E-state index contributed by atoms with van der Waals surface area (Å²) in [5, 5.41) is 5.02. The average molecular weight is 380 g/mol. The second kappa shape index (κ2) is 9.14. The van der Waals surface area contributed by atoms with Crippen LogP contribution in [0.3, 0.4) is 0 Å². The average Bonchev–Trinajstić information content (AvgIpc) is 2.74. The Hall–Kier alpha value is -3.19. The van der Waals surface area contributed by atoms with Crippen molar-refractivity contribution in [2.75, 3.05) is 26.3 Å². The van der Waals surface area contributed by atoms with Crippen LogP contribution in [0.4, 0.5) is 5.95 Å². The molecule has 7 nitrogen and oxygen atoms in total. The standard InChI is InChI=1S/C21H24N4O3/c1-15(16-8-6-9-17(14-16)28-3)23-24-21-22-19-11-5-4-10-18(19)20(26)25(21)12-7-13-27-2/h4-6,8-11,14H,7,12-13H2,1-3H3,(H,22,24)/b23-15-. The molecule has 3 rings (SSSR count). The number of ether oxygens (including phenoxy) is 2. The van der Waals surface area contributed by atoms with Gasteiger partial charge in [-0.3, -0.25) is 9.36 Å². The van der Waals surface area contributed by atoms with E-state index >= 15 is 0 Å². The van der Waals surface area contributed by atoms with Gasteiger partial charge >= 0.3 is 0 Å². The Kier molecular flexibility index (Phi) is 6.39. The van der Waals surface area contributed by atoms with Crippen LogP contribution in [-0.4, -0.2) is 36.1 Å². The van der Waals surface area contributed by atoms with Crippen LogP contribution in [0.1, 0.15) is 18.9 Å². The first kappa shape index (κ1) is 19.6. The number of hydrogen-bond acceptors (Lipinski definition) is 6. The van der Waals surface area contributed by atoms with Crippen molar-refractivity contribution in [1.82, 2.24) is 9.55 Å². The number of hydrogen-bond donors (Lipinski definition) is 1. The van der Waals surface area contributed by atoms with Crippen LogP contribution in [0, 0.1) is 0 Å². The molecule has 0 aliphatic carbocycles. The van der Waals surface area contributed by atoms with Gasteiger partial charge in [0, 0.05) is 25.8 Å². The van der Waals surface area contributed by atoms with Gasteiger partial charge in [0.05, 0.1) is 23.7 Å². The SMILES string of the molecule is COCCCn1c(N/N=C(/C)c2cccc(OC)c2)nc2ccccc2c1=O. The van der Waals surface area contributed by atoms with Gasteiger partial charge in [-0.15, -0.1) is 0 Å². The van der Waals surface area contributed by atoms with Crippen molar-refractivity contribution in [2.45, 2.75) is 19.9 Å². The number of rotatable bonds is 8. The number of nitrogens with zero attached hydrogens (tertiary/aromatic N) is 3. The van der Waals surface area contributed by atoms with Crippen LogP contribution in [0.2, 0.25) is 0 Å². The molecule has 1 N–H and O–H groups in total. The van der Waals surface area contributed by atoms with Crippen molar-refractivity contribution in [1.29, 1.82) is 0 Å². The molecule has 0 radical (unpaired) electrons. The predicted octanol–water partition coefficient (Wildman–Crippen LogP) is 3.28. The number of fused-ring (bicyclic) bond motifs is 1. The lowest BCUT2D eigenvalue weighted by Gasteiger charge is -2.13. The van der Waals surface area contributed by atoms with Crippen molar-refractivity contribution >= 4 is 22.6 Å². The van der Waals surface area contributed by atoms with Crippen LogP contribution in [0.5, 0.6) is 5.75 Å². The number of anilines is 1. The van der Waals surface area contributed by atoms with Gasteiger partial charge in [0.1, 0.15) is 5.75 Å². The molecular formula is C21H24N4O3. The molecule has 2 aromatic carbocycles. The molecule has 0 bridgehead atoms. The number of aromatic nitrogens is 2. The van der Waals surface area contributed by atoms with Gasteiger partial charge in [0.2, 0.25) is 5.95 Å². The zero-order valence-electron chi connectivity index (χ0n) is 16.3. The molecule has 28 heavy (non-hydrogen) atoms. The summed E-state index contributed by atoms with van der Waals surface area (Å²) in [6, 6.07) is 14.9. The van der Waals surface area contributed by atoms with E-state index in [0.29, 0.717) is 36.4 Å². The lowest BCUT2D eigenvalue weighted by Crippen LogP contribution is -2.25. The Morgan fingerprint density at radius 1 is 1.18 bits per heavy atom. The second-order valence-corrected chi connectivity index (χ2v) is 6.30. The van der Waals surface area contributed by atoms with Gasteiger partial charge in [-0.25, -0.2) is 10.4 Å². The van der Waals surface area contributed by atoms with E-state index in [1.807, 2.05) is 49.4 Å². The summed E-state index contributed by atoms with van der Waals surface area (Å²) in [6.45, 7) is 2.93. The lowest BCUT2D eigenvalue weighted by molar-refractivity contribution is 0.190. The highest BCUT2D eigenvalue weighted by atomic mass is 16.5. The van der Waals surface area contributed by atoms with Crippen molar-refractivity contribution in [2.24, 2.45) is 5.10 Å². The third kappa shape index (κ3) is 4.37. The molecule has 146 valence electrons. The maximum atomic E-state index is 12.9. The normalized spacial score (nSPS) is 11.6. The van der Waals surface area contributed by atoms with Crippen LogP contribution in [-0.2, 0) is 11.3 Å².